The smallest absolute Gasteiger partial charge is 0.258 e. The average molecular weight is 300 g/mol. The molecule has 6 heteroatoms. The molecule has 1 aromatic heterocycles. The number of aromatic nitrogens is 2. The summed E-state index contributed by atoms with van der Waals surface area (Å²) >= 11 is 0. The Bertz CT molecular complexity index is 644. The largest absolute Gasteiger partial charge is 0.484 e. The Balaban J connectivity index is 1.83. The molecule has 22 heavy (non-hydrogen) atoms. The molecule has 116 valence electrons. The third-order valence-corrected chi connectivity index (χ3v) is 3.05. The number of hydrogen-bond donors (Lipinski definition) is 1. The van der Waals surface area contributed by atoms with Gasteiger partial charge < -0.3 is 15.0 Å². The van der Waals surface area contributed by atoms with Crippen LogP contribution in [0, 0.1) is 6.92 Å². The first-order valence-corrected chi connectivity index (χ1v) is 7.00. The number of nitrogens with zero attached hydrogens (tertiary/aromatic N) is 3. The number of carbonyl (C=O) groups is 1. The molecule has 2 rings (SSSR count). The fraction of sp³-hybridized carbons (Fsp3) is 0.312. The van der Waals surface area contributed by atoms with Gasteiger partial charge in [0.05, 0.1) is 6.54 Å². The summed E-state index contributed by atoms with van der Waals surface area (Å²) in [5.41, 5.74) is 0.998. The van der Waals surface area contributed by atoms with Crippen molar-refractivity contribution < 1.29 is 9.53 Å². The second-order valence-corrected chi connectivity index (χ2v) is 5.06. The highest BCUT2D eigenvalue weighted by Gasteiger charge is 2.06. The Labute approximate surface area is 130 Å². The van der Waals surface area contributed by atoms with Gasteiger partial charge in [0.15, 0.2) is 6.61 Å². The number of anilines is 1. The number of carbonyl (C=O) groups excluding carboxylic acids is 1. The molecule has 1 aromatic carbocycles. The van der Waals surface area contributed by atoms with Gasteiger partial charge in [0, 0.05) is 20.3 Å². The monoisotopic (exact) mass is 300 g/mol. The van der Waals surface area contributed by atoms with Crippen LogP contribution in [0.4, 0.5) is 5.82 Å². The molecule has 1 N–H and O–H groups in total. The van der Waals surface area contributed by atoms with Crippen LogP contribution in [0.1, 0.15) is 11.4 Å². The van der Waals surface area contributed by atoms with E-state index in [9.17, 15) is 4.79 Å². The molecule has 0 aliphatic carbocycles. The van der Waals surface area contributed by atoms with Crippen molar-refractivity contribution in [2.45, 2.75) is 13.5 Å². The van der Waals surface area contributed by atoms with E-state index >= 15 is 0 Å². The lowest BCUT2D eigenvalue weighted by atomic mass is 10.2. The van der Waals surface area contributed by atoms with Crippen molar-refractivity contribution in [3.05, 3.63) is 47.9 Å². The summed E-state index contributed by atoms with van der Waals surface area (Å²) < 4.78 is 5.49. The summed E-state index contributed by atoms with van der Waals surface area (Å²) in [6, 6.07) is 9.39. The Morgan fingerprint density at radius 1 is 1.27 bits per heavy atom. The van der Waals surface area contributed by atoms with Gasteiger partial charge in [0.25, 0.3) is 5.91 Å². The van der Waals surface area contributed by atoms with E-state index in [1.54, 1.807) is 6.20 Å². The number of rotatable bonds is 6. The summed E-state index contributed by atoms with van der Waals surface area (Å²) in [5.74, 6) is 1.87. The van der Waals surface area contributed by atoms with Crippen LogP contribution in [0.15, 0.2) is 36.5 Å². The van der Waals surface area contributed by atoms with Crippen LogP contribution in [-0.4, -0.2) is 36.6 Å². The SMILES string of the molecule is Cc1ccccc1OCC(=O)NCc1nccc(N(C)C)n1. The van der Waals surface area contributed by atoms with Gasteiger partial charge in [-0.1, -0.05) is 18.2 Å². The van der Waals surface area contributed by atoms with Gasteiger partial charge in [0.2, 0.25) is 0 Å². The fourth-order valence-electron chi connectivity index (χ4n) is 1.81. The van der Waals surface area contributed by atoms with Crippen LogP contribution in [0.3, 0.4) is 0 Å². The third-order valence-electron chi connectivity index (χ3n) is 3.05. The number of ether oxygens (including phenoxy) is 1. The molecule has 0 saturated carbocycles. The molecule has 1 heterocycles. The molecule has 0 aliphatic heterocycles. The number of para-hydroxylation sites is 1. The summed E-state index contributed by atoms with van der Waals surface area (Å²) in [5, 5.41) is 2.75. The van der Waals surface area contributed by atoms with Crippen molar-refractivity contribution in [1.29, 1.82) is 0 Å². The predicted molar refractivity (Wildman–Crippen MR) is 84.9 cm³/mol. The molecule has 0 unspecified atom stereocenters. The van der Waals surface area contributed by atoms with E-state index < -0.39 is 0 Å². The second-order valence-electron chi connectivity index (χ2n) is 5.06. The van der Waals surface area contributed by atoms with Crippen LogP contribution < -0.4 is 15.0 Å². The molecule has 0 atom stereocenters. The first kappa shape index (κ1) is 15.8. The van der Waals surface area contributed by atoms with Gasteiger partial charge >= 0.3 is 0 Å². The van der Waals surface area contributed by atoms with Crippen molar-refractivity contribution in [3.8, 4) is 5.75 Å². The van der Waals surface area contributed by atoms with Crippen LogP contribution in [0.5, 0.6) is 5.75 Å². The van der Waals surface area contributed by atoms with E-state index in [2.05, 4.69) is 15.3 Å². The molecule has 0 aliphatic rings. The lowest BCUT2D eigenvalue weighted by Gasteiger charge is -2.12. The van der Waals surface area contributed by atoms with Crippen molar-refractivity contribution in [2.75, 3.05) is 25.6 Å². The maximum Gasteiger partial charge on any atom is 0.258 e. The molecular formula is C16H20N4O2. The molecule has 0 radical (unpaired) electrons. The Morgan fingerprint density at radius 3 is 2.77 bits per heavy atom. The first-order chi connectivity index (χ1) is 10.6. The minimum atomic E-state index is -0.206. The first-order valence-electron chi connectivity index (χ1n) is 7.00. The zero-order chi connectivity index (χ0) is 15.9. The van der Waals surface area contributed by atoms with Crippen molar-refractivity contribution in [3.63, 3.8) is 0 Å². The second kappa shape index (κ2) is 7.40. The highest BCUT2D eigenvalue weighted by atomic mass is 16.5. The maximum atomic E-state index is 11.8. The molecule has 0 bridgehead atoms. The van der Waals surface area contributed by atoms with E-state index in [0.29, 0.717) is 11.6 Å². The van der Waals surface area contributed by atoms with E-state index in [4.69, 9.17) is 4.74 Å². The van der Waals surface area contributed by atoms with Crippen molar-refractivity contribution in [2.24, 2.45) is 0 Å². The number of hydrogen-bond acceptors (Lipinski definition) is 5. The van der Waals surface area contributed by atoms with Crippen LogP contribution in [0.25, 0.3) is 0 Å². The lowest BCUT2D eigenvalue weighted by molar-refractivity contribution is -0.123. The third kappa shape index (κ3) is 4.44. The van der Waals surface area contributed by atoms with Crippen LogP contribution in [0.2, 0.25) is 0 Å². The summed E-state index contributed by atoms with van der Waals surface area (Å²) in [4.78, 5) is 22.2. The zero-order valence-electron chi connectivity index (χ0n) is 13.0. The number of nitrogens with one attached hydrogen (secondary N) is 1. The molecule has 0 saturated heterocycles. The molecular weight excluding hydrogens is 280 g/mol. The van der Waals surface area contributed by atoms with Crippen molar-refractivity contribution in [1.82, 2.24) is 15.3 Å². The van der Waals surface area contributed by atoms with Gasteiger partial charge in [-0.3, -0.25) is 4.79 Å². The maximum absolute atomic E-state index is 11.8. The zero-order valence-corrected chi connectivity index (χ0v) is 13.0. The van der Waals surface area contributed by atoms with Gasteiger partial charge in [-0.15, -0.1) is 0 Å². The Hall–Kier alpha value is -2.63. The highest BCUT2D eigenvalue weighted by Crippen LogP contribution is 2.15. The quantitative estimate of drug-likeness (QED) is 0.876. The summed E-state index contributed by atoms with van der Waals surface area (Å²) in [6.45, 7) is 2.18. The summed E-state index contributed by atoms with van der Waals surface area (Å²) in [7, 11) is 3.81. The normalized spacial score (nSPS) is 10.1. The van der Waals surface area contributed by atoms with E-state index in [0.717, 1.165) is 11.4 Å². The van der Waals surface area contributed by atoms with E-state index in [1.807, 2.05) is 56.3 Å². The van der Waals surface area contributed by atoms with Gasteiger partial charge in [-0.05, 0) is 24.6 Å². The van der Waals surface area contributed by atoms with Gasteiger partial charge in [0.1, 0.15) is 17.4 Å². The molecule has 0 fully saturated rings. The van der Waals surface area contributed by atoms with Crippen LogP contribution >= 0.6 is 0 Å². The standard InChI is InChI=1S/C16H20N4O2/c1-12-6-4-5-7-13(12)22-11-16(21)18-10-14-17-9-8-15(19-14)20(2)3/h4-9H,10-11H2,1-3H3,(H,18,21). The van der Waals surface area contributed by atoms with Gasteiger partial charge in [-0.25, -0.2) is 9.97 Å². The molecule has 2 aromatic rings. The summed E-state index contributed by atoms with van der Waals surface area (Å²) in [6.07, 6.45) is 1.67. The lowest BCUT2D eigenvalue weighted by Crippen LogP contribution is -2.29. The minimum absolute atomic E-state index is 0.0295. The number of aryl methyl sites for hydroxylation is 1. The van der Waals surface area contributed by atoms with Crippen molar-refractivity contribution >= 4 is 11.7 Å². The molecule has 6 nitrogen and oxygen atoms in total. The number of benzene rings is 1. The highest BCUT2D eigenvalue weighted by molar-refractivity contribution is 5.77. The fourth-order valence-corrected chi connectivity index (χ4v) is 1.81. The Kier molecular flexibility index (Phi) is 5.30. The molecule has 1 amide bonds. The molecule has 0 spiro atoms. The van der Waals surface area contributed by atoms with E-state index in [1.165, 1.54) is 0 Å². The topological polar surface area (TPSA) is 67.3 Å². The van der Waals surface area contributed by atoms with Gasteiger partial charge in [-0.2, -0.15) is 0 Å². The average Bonchev–Trinajstić information content (AvgIpc) is 2.52. The minimum Gasteiger partial charge on any atom is -0.484 e. The van der Waals surface area contributed by atoms with E-state index in [-0.39, 0.29) is 19.1 Å². The number of amides is 1. The predicted octanol–water partition coefficient (Wildman–Crippen LogP) is 1.55. The Morgan fingerprint density at radius 2 is 2.05 bits per heavy atom. The van der Waals surface area contributed by atoms with Crippen LogP contribution in [-0.2, 0) is 11.3 Å².